The monoisotopic (exact) mass is 888 g/mol. The molecule has 0 N–H and O–H groups in total. The van der Waals surface area contributed by atoms with E-state index in [4.69, 9.17) is 0 Å². The van der Waals surface area contributed by atoms with Gasteiger partial charge in [-0.3, -0.25) is 0 Å². The fourth-order valence-electron chi connectivity index (χ4n) is 11.9. The number of aromatic nitrogens is 4. The molecule has 4 aromatic heterocycles. The average Bonchev–Trinajstić information content (AvgIpc) is 4.15. The van der Waals surface area contributed by atoms with Gasteiger partial charge in [0.2, 0.25) is 0 Å². The Labute approximate surface area is 400 Å². The van der Waals surface area contributed by atoms with Crippen LogP contribution in [0.25, 0.3) is 132 Å². The molecule has 0 amide bonds. The van der Waals surface area contributed by atoms with Crippen LogP contribution in [0, 0.1) is 22.7 Å². The highest BCUT2D eigenvalue weighted by Crippen LogP contribution is 2.45. The highest BCUT2D eigenvalue weighted by Gasteiger charge is 2.25. The molecule has 11 aromatic carbocycles. The molecule has 0 aliphatic heterocycles. The standard InChI is InChI=1S/C64H36N6/c65-37-41-33-61(69-57-31-27-43(35-51(57)63-45-15-3-1-13-39(45)25-29-59(63)69)67-53-21-9-5-17-47(53)48-18-6-10-22-54(48)67)62(34-42(41)38-66)70-58-32-28-44(36-52(58)64-46-16-4-2-14-40(46)26-30-60(64)70)68-55-23-11-7-19-49(55)50-20-8-12-24-56(50)68/h1-36H. The van der Waals surface area contributed by atoms with Crippen molar-refractivity contribution in [1.29, 1.82) is 10.5 Å². The maximum Gasteiger partial charge on any atom is 0.101 e. The summed E-state index contributed by atoms with van der Waals surface area (Å²) in [7, 11) is 0. The van der Waals surface area contributed by atoms with Gasteiger partial charge in [0, 0.05) is 54.5 Å². The van der Waals surface area contributed by atoms with E-state index >= 15 is 0 Å². The molecular weight excluding hydrogens is 853 g/mol. The van der Waals surface area contributed by atoms with Crippen LogP contribution in [-0.4, -0.2) is 18.3 Å². The van der Waals surface area contributed by atoms with Gasteiger partial charge in [-0.25, -0.2) is 0 Å². The van der Waals surface area contributed by atoms with Crippen molar-refractivity contribution in [3.8, 4) is 34.9 Å². The second-order valence-electron chi connectivity index (χ2n) is 18.3. The fraction of sp³-hybridized carbons (Fsp3) is 0. The van der Waals surface area contributed by atoms with Gasteiger partial charge < -0.3 is 18.3 Å². The molecule has 0 atom stereocenters. The van der Waals surface area contributed by atoms with Gasteiger partial charge in [-0.2, -0.15) is 10.5 Å². The Morgan fingerprint density at radius 1 is 0.257 bits per heavy atom. The van der Waals surface area contributed by atoms with E-state index in [2.05, 4.69) is 237 Å². The van der Waals surface area contributed by atoms with Crippen LogP contribution in [0.3, 0.4) is 0 Å². The maximum atomic E-state index is 10.8. The molecule has 0 aliphatic carbocycles. The lowest BCUT2D eigenvalue weighted by atomic mass is 10.0. The molecular formula is C64H36N6. The topological polar surface area (TPSA) is 67.3 Å². The molecule has 0 spiro atoms. The van der Waals surface area contributed by atoms with Gasteiger partial charge in [0.05, 0.1) is 66.6 Å². The minimum absolute atomic E-state index is 0.318. The number of nitriles is 2. The first-order chi connectivity index (χ1) is 34.7. The molecule has 4 heterocycles. The molecule has 6 nitrogen and oxygen atoms in total. The maximum absolute atomic E-state index is 10.8. The molecule has 0 bridgehead atoms. The molecule has 0 fully saturated rings. The third-order valence-corrected chi connectivity index (χ3v) is 14.8. The van der Waals surface area contributed by atoms with Crippen molar-refractivity contribution in [2.24, 2.45) is 0 Å². The summed E-state index contributed by atoms with van der Waals surface area (Å²) in [6.45, 7) is 0. The molecule has 0 radical (unpaired) electrons. The van der Waals surface area contributed by atoms with E-state index < -0.39 is 0 Å². The number of para-hydroxylation sites is 4. The van der Waals surface area contributed by atoms with Crippen LogP contribution in [-0.2, 0) is 0 Å². The zero-order valence-corrected chi connectivity index (χ0v) is 37.5. The Balaban J connectivity index is 1.07. The van der Waals surface area contributed by atoms with E-state index in [1.165, 1.54) is 21.5 Å². The molecule has 0 saturated heterocycles. The summed E-state index contributed by atoms with van der Waals surface area (Å²) in [6, 6.07) is 82.7. The van der Waals surface area contributed by atoms with Crippen molar-refractivity contribution >= 4 is 109 Å². The zero-order valence-electron chi connectivity index (χ0n) is 37.5. The van der Waals surface area contributed by atoms with E-state index in [0.717, 1.165) is 110 Å². The summed E-state index contributed by atoms with van der Waals surface area (Å²) >= 11 is 0. The first kappa shape index (κ1) is 38.2. The Kier molecular flexibility index (Phi) is 7.82. The number of rotatable bonds is 4. The lowest BCUT2D eigenvalue weighted by molar-refractivity contribution is 1.09. The lowest BCUT2D eigenvalue weighted by Gasteiger charge is -2.18. The van der Waals surface area contributed by atoms with Crippen molar-refractivity contribution in [3.63, 3.8) is 0 Å². The minimum Gasteiger partial charge on any atom is -0.309 e. The quantitative estimate of drug-likeness (QED) is 0.177. The largest absolute Gasteiger partial charge is 0.309 e. The first-order valence-electron chi connectivity index (χ1n) is 23.5. The van der Waals surface area contributed by atoms with Gasteiger partial charge in [0.15, 0.2) is 0 Å². The molecule has 322 valence electrons. The summed E-state index contributed by atoms with van der Waals surface area (Å²) in [6.07, 6.45) is 0. The third kappa shape index (κ3) is 5.14. The fourth-order valence-corrected chi connectivity index (χ4v) is 11.9. The van der Waals surface area contributed by atoms with Gasteiger partial charge >= 0.3 is 0 Å². The van der Waals surface area contributed by atoms with E-state index in [0.29, 0.717) is 11.1 Å². The van der Waals surface area contributed by atoms with Gasteiger partial charge in [0.25, 0.3) is 0 Å². The SMILES string of the molecule is N#Cc1cc(-n2c3ccc(-n4c5ccccc5c5ccccc54)cc3c3c4ccccc4ccc32)c(-n2c3ccc(-n4c5ccccc5c5ccccc54)cc3c3c4ccccc4ccc32)cc1C#N. The summed E-state index contributed by atoms with van der Waals surface area (Å²) in [5, 5.41) is 35.4. The number of fused-ring (bicyclic) bond motifs is 16. The second kappa shape index (κ2) is 14.3. The highest BCUT2D eigenvalue weighted by molar-refractivity contribution is 6.24. The smallest absolute Gasteiger partial charge is 0.101 e. The Hall–Kier alpha value is -9.88. The molecule has 15 rings (SSSR count). The minimum atomic E-state index is 0.318. The number of hydrogen-bond acceptors (Lipinski definition) is 2. The van der Waals surface area contributed by atoms with Crippen molar-refractivity contribution in [2.45, 2.75) is 0 Å². The molecule has 0 unspecified atom stereocenters. The molecule has 15 aromatic rings. The van der Waals surface area contributed by atoms with Crippen molar-refractivity contribution in [2.75, 3.05) is 0 Å². The Bertz CT molecular complexity index is 4450. The molecule has 0 aliphatic rings. The third-order valence-electron chi connectivity index (χ3n) is 14.8. The summed E-state index contributed by atoms with van der Waals surface area (Å²) in [4.78, 5) is 0. The number of hydrogen-bond donors (Lipinski definition) is 0. The summed E-state index contributed by atoms with van der Waals surface area (Å²) in [5.74, 6) is 0. The van der Waals surface area contributed by atoms with Crippen LogP contribution < -0.4 is 0 Å². The van der Waals surface area contributed by atoms with Crippen LogP contribution in [0.15, 0.2) is 218 Å². The van der Waals surface area contributed by atoms with Crippen LogP contribution in [0.4, 0.5) is 0 Å². The summed E-state index contributed by atoms with van der Waals surface area (Å²) in [5.41, 5.74) is 12.9. The lowest BCUT2D eigenvalue weighted by Crippen LogP contribution is -2.06. The second-order valence-corrected chi connectivity index (χ2v) is 18.3. The van der Waals surface area contributed by atoms with E-state index in [-0.39, 0.29) is 0 Å². The van der Waals surface area contributed by atoms with Gasteiger partial charge in [-0.05, 0) is 106 Å². The number of nitrogens with zero attached hydrogens (tertiary/aromatic N) is 6. The Morgan fingerprint density at radius 3 is 0.943 bits per heavy atom. The Morgan fingerprint density at radius 2 is 0.571 bits per heavy atom. The van der Waals surface area contributed by atoms with E-state index in [9.17, 15) is 10.5 Å². The summed E-state index contributed by atoms with van der Waals surface area (Å²) < 4.78 is 9.37. The number of benzene rings is 11. The van der Waals surface area contributed by atoms with Crippen molar-refractivity contribution in [3.05, 3.63) is 230 Å². The molecule has 0 saturated carbocycles. The van der Waals surface area contributed by atoms with Crippen LogP contribution >= 0.6 is 0 Å². The zero-order chi connectivity index (χ0) is 46.2. The van der Waals surface area contributed by atoms with Crippen LogP contribution in [0.1, 0.15) is 11.1 Å². The normalized spacial score (nSPS) is 12.0. The van der Waals surface area contributed by atoms with Crippen LogP contribution in [0.5, 0.6) is 0 Å². The first-order valence-corrected chi connectivity index (χ1v) is 23.5. The highest BCUT2D eigenvalue weighted by atomic mass is 15.1. The molecule has 6 heteroatoms. The molecule has 70 heavy (non-hydrogen) atoms. The van der Waals surface area contributed by atoms with Crippen molar-refractivity contribution in [1.82, 2.24) is 18.3 Å². The van der Waals surface area contributed by atoms with E-state index in [1.54, 1.807) is 0 Å². The van der Waals surface area contributed by atoms with Gasteiger partial charge in [-0.1, -0.05) is 133 Å². The van der Waals surface area contributed by atoms with Crippen LogP contribution in [0.2, 0.25) is 0 Å². The predicted octanol–water partition coefficient (Wildman–Crippen LogP) is 16.1. The van der Waals surface area contributed by atoms with Gasteiger partial charge in [0.1, 0.15) is 12.1 Å². The predicted molar refractivity (Wildman–Crippen MR) is 288 cm³/mol. The average molecular weight is 889 g/mol. The van der Waals surface area contributed by atoms with Gasteiger partial charge in [-0.15, -0.1) is 0 Å². The van der Waals surface area contributed by atoms with E-state index in [1.807, 2.05) is 12.1 Å². The van der Waals surface area contributed by atoms with Crippen molar-refractivity contribution < 1.29 is 0 Å².